The van der Waals surface area contributed by atoms with Crippen molar-refractivity contribution >= 4 is 69.3 Å². The zero-order chi connectivity index (χ0) is 18.6. The van der Waals surface area contributed by atoms with Gasteiger partial charge < -0.3 is 10.0 Å². The van der Waals surface area contributed by atoms with Crippen LogP contribution in [0.4, 0.5) is 5.69 Å². The Morgan fingerprint density at radius 3 is 2.65 bits per heavy atom. The third kappa shape index (κ3) is 2.62. The maximum absolute atomic E-state index is 13.1. The molecule has 1 N–H and O–H groups in total. The first kappa shape index (κ1) is 17.4. The fraction of sp³-hybridized carbons (Fsp3) is 0.118. The van der Waals surface area contributed by atoms with Crippen molar-refractivity contribution in [3.05, 3.63) is 50.0 Å². The molecule has 0 spiro atoms. The fourth-order valence-corrected chi connectivity index (χ4v) is 4.88. The normalized spacial score (nSPS) is 11.4. The van der Waals surface area contributed by atoms with E-state index in [1.807, 2.05) is 19.0 Å². The molecule has 4 rings (SSSR count). The molecule has 1 aromatic carbocycles. The summed E-state index contributed by atoms with van der Waals surface area (Å²) in [6.45, 7) is 0. The highest BCUT2D eigenvalue weighted by atomic mass is 79.9. The van der Waals surface area contributed by atoms with Crippen molar-refractivity contribution in [3.8, 4) is 11.4 Å². The molecule has 26 heavy (non-hydrogen) atoms. The van der Waals surface area contributed by atoms with Crippen LogP contribution in [0.25, 0.3) is 26.1 Å². The molecule has 0 saturated heterocycles. The third-order valence-electron chi connectivity index (χ3n) is 3.99. The van der Waals surface area contributed by atoms with Gasteiger partial charge in [0.05, 0.1) is 25.7 Å². The minimum absolute atomic E-state index is 0.113. The van der Waals surface area contributed by atoms with E-state index in [1.54, 1.807) is 18.3 Å². The second kappa shape index (κ2) is 6.33. The predicted molar refractivity (Wildman–Crippen MR) is 112 cm³/mol. The summed E-state index contributed by atoms with van der Waals surface area (Å²) in [5.41, 5.74) is 2.03. The molecular formula is C17H12Br2N4O2S. The Balaban J connectivity index is 2.05. The summed E-state index contributed by atoms with van der Waals surface area (Å²) in [5, 5.41) is 10.5. The molecular weight excluding hydrogens is 484 g/mol. The SMILES string of the molecule is CN(C)c1c(Br)cnc2sc3c(=O)n(-c4ccc(O)c(Br)c4)cnc3c12. The van der Waals surface area contributed by atoms with E-state index in [4.69, 9.17) is 0 Å². The van der Waals surface area contributed by atoms with Crippen molar-refractivity contribution in [1.29, 1.82) is 0 Å². The molecule has 0 bridgehead atoms. The van der Waals surface area contributed by atoms with E-state index in [-0.39, 0.29) is 11.3 Å². The molecule has 0 saturated carbocycles. The predicted octanol–water partition coefficient (Wildman–Crippen LogP) is 4.29. The van der Waals surface area contributed by atoms with E-state index in [9.17, 15) is 9.90 Å². The standard InChI is InChI=1S/C17H12Br2N4O2S/c1-22(2)14-10(19)6-20-16-12(14)13-15(26-16)17(25)23(7-21-13)8-3-4-11(24)9(18)5-8/h3-7,24H,1-2H3. The van der Waals surface area contributed by atoms with Crippen LogP contribution in [-0.2, 0) is 0 Å². The first-order valence-electron chi connectivity index (χ1n) is 7.53. The van der Waals surface area contributed by atoms with Crippen LogP contribution in [0.15, 0.2) is 44.5 Å². The molecule has 0 aliphatic rings. The van der Waals surface area contributed by atoms with Crippen LogP contribution in [0.3, 0.4) is 0 Å². The van der Waals surface area contributed by atoms with Gasteiger partial charge in [-0.15, -0.1) is 11.3 Å². The van der Waals surface area contributed by atoms with Crippen LogP contribution >= 0.6 is 43.2 Å². The van der Waals surface area contributed by atoms with Crippen LogP contribution in [-0.4, -0.2) is 33.7 Å². The summed E-state index contributed by atoms with van der Waals surface area (Å²) in [6, 6.07) is 4.88. The minimum atomic E-state index is -0.170. The number of halogens is 2. The number of hydrogen-bond acceptors (Lipinski definition) is 6. The van der Waals surface area contributed by atoms with Crippen molar-refractivity contribution in [3.63, 3.8) is 0 Å². The molecule has 0 atom stereocenters. The Labute approximate surface area is 169 Å². The maximum atomic E-state index is 13.1. The number of hydrogen-bond donors (Lipinski definition) is 1. The van der Waals surface area contributed by atoms with Crippen molar-refractivity contribution in [1.82, 2.24) is 14.5 Å². The topological polar surface area (TPSA) is 71.2 Å². The van der Waals surface area contributed by atoms with Crippen LogP contribution in [0, 0.1) is 0 Å². The van der Waals surface area contributed by atoms with Gasteiger partial charge in [-0.1, -0.05) is 0 Å². The minimum Gasteiger partial charge on any atom is -0.507 e. The lowest BCUT2D eigenvalue weighted by atomic mass is 10.2. The number of phenols is 1. The second-order valence-corrected chi connectivity index (χ2v) is 8.57. The highest BCUT2D eigenvalue weighted by Gasteiger charge is 2.19. The Morgan fingerprint density at radius 2 is 1.96 bits per heavy atom. The molecule has 0 aliphatic heterocycles. The second-order valence-electron chi connectivity index (χ2n) is 5.86. The van der Waals surface area contributed by atoms with Crippen LogP contribution in [0.1, 0.15) is 0 Å². The van der Waals surface area contributed by atoms with Crippen molar-refractivity contribution in [2.75, 3.05) is 19.0 Å². The monoisotopic (exact) mass is 494 g/mol. The van der Waals surface area contributed by atoms with Gasteiger partial charge in [0, 0.05) is 20.3 Å². The van der Waals surface area contributed by atoms with Gasteiger partial charge in [-0.25, -0.2) is 9.97 Å². The molecule has 0 amide bonds. The Morgan fingerprint density at radius 1 is 1.19 bits per heavy atom. The van der Waals surface area contributed by atoms with E-state index in [2.05, 4.69) is 41.8 Å². The molecule has 0 radical (unpaired) electrons. The first-order chi connectivity index (χ1) is 12.4. The highest BCUT2D eigenvalue weighted by molar-refractivity contribution is 9.11. The average molecular weight is 496 g/mol. The number of phenolic OH excluding ortho intramolecular Hbond substituents is 1. The van der Waals surface area contributed by atoms with Gasteiger partial charge >= 0.3 is 0 Å². The van der Waals surface area contributed by atoms with Gasteiger partial charge in [0.2, 0.25) is 0 Å². The number of benzene rings is 1. The summed E-state index contributed by atoms with van der Waals surface area (Å²) < 4.78 is 3.37. The summed E-state index contributed by atoms with van der Waals surface area (Å²) in [6.07, 6.45) is 3.25. The number of pyridine rings is 1. The molecule has 4 aromatic rings. The number of aromatic nitrogens is 3. The van der Waals surface area contributed by atoms with E-state index in [0.29, 0.717) is 20.4 Å². The van der Waals surface area contributed by atoms with Crippen molar-refractivity contribution < 1.29 is 5.11 Å². The van der Waals surface area contributed by atoms with Crippen molar-refractivity contribution in [2.45, 2.75) is 0 Å². The fourth-order valence-electron chi connectivity index (χ4n) is 2.82. The molecule has 6 nitrogen and oxygen atoms in total. The first-order valence-corrected chi connectivity index (χ1v) is 9.93. The lowest BCUT2D eigenvalue weighted by molar-refractivity contribution is 0.472. The number of anilines is 1. The lowest BCUT2D eigenvalue weighted by Gasteiger charge is -2.15. The van der Waals surface area contributed by atoms with Crippen LogP contribution < -0.4 is 10.5 Å². The number of nitrogens with zero attached hydrogens (tertiary/aromatic N) is 4. The zero-order valence-electron chi connectivity index (χ0n) is 13.7. The summed E-state index contributed by atoms with van der Waals surface area (Å²) in [5.74, 6) is 0.113. The number of fused-ring (bicyclic) bond motifs is 3. The number of rotatable bonds is 2. The Kier molecular flexibility index (Phi) is 4.25. The molecule has 0 aliphatic carbocycles. The van der Waals surface area contributed by atoms with Gasteiger partial charge in [-0.2, -0.15) is 0 Å². The Hall–Kier alpha value is -1.97. The van der Waals surface area contributed by atoms with Gasteiger partial charge in [0.15, 0.2) is 0 Å². The van der Waals surface area contributed by atoms with E-state index in [1.165, 1.54) is 28.3 Å². The smallest absolute Gasteiger partial charge is 0.275 e. The molecule has 3 aromatic heterocycles. The molecule has 9 heteroatoms. The van der Waals surface area contributed by atoms with Gasteiger partial charge in [0.1, 0.15) is 27.1 Å². The summed E-state index contributed by atoms with van der Waals surface area (Å²) in [7, 11) is 3.89. The number of aromatic hydroxyl groups is 1. The summed E-state index contributed by atoms with van der Waals surface area (Å²) >= 11 is 8.14. The quantitative estimate of drug-likeness (QED) is 0.449. The van der Waals surface area contributed by atoms with Crippen molar-refractivity contribution in [2.24, 2.45) is 0 Å². The van der Waals surface area contributed by atoms with E-state index < -0.39 is 0 Å². The lowest BCUT2D eigenvalue weighted by Crippen LogP contribution is -2.17. The van der Waals surface area contributed by atoms with E-state index in [0.717, 1.165) is 20.4 Å². The Bertz CT molecular complexity index is 1230. The van der Waals surface area contributed by atoms with Gasteiger partial charge in [-0.05, 0) is 50.1 Å². The molecule has 132 valence electrons. The third-order valence-corrected chi connectivity index (χ3v) is 6.29. The molecule has 0 unspecified atom stereocenters. The van der Waals surface area contributed by atoms with Crippen LogP contribution in [0.5, 0.6) is 5.75 Å². The van der Waals surface area contributed by atoms with Gasteiger partial charge in [0.25, 0.3) is 5.56 Å². The average Bonchev–Trinajstić information content (AvgIpc) is 2.97. The maximum Gasteiger partial charge on any atom is 0.275 e. The highest BCUT2D eigenvalue weighted by Crippen LogP contribution is 2.39. The largest absolute Gasteiger partial charge is 0.507 e. The molecule has 0 fully saturated rings. The van der Waals surface area contributed by atoms with Crippen LogP contribution in [0.2, 0.25) is 0 Å². The summed E-state index contributed by atoms with van der Waals surface area (Å²) in [4.78, 5) is 24.8. The van der Waals surface area contributed by atoms with E-state index >= 15 is 0 Å². The zero-order valence-corrected chi connectivity index (χ0v) is 17.7. The molecule has 3 heterocycles. The number of thiophene rings is 1. The van der Waals surface area contributed by atoms with Gasteiger partial charge in [-0.3, -0.25) is 9.36 Å².